The number of halogens is 2. The smallest absolute Gasteiger partial charge is 0.243 e. The Bertz CT molecular complexity index is 695. The van der Waals surface area contributed by atoms with Crippen LogP contribution in [0.5, 0.6) is 0 Å². The highest BCUT2D eigenvalue weighted by Crippen LogP contribution is 2.27. The van der Waals surface area contributed by atoms with Crippen molar-refractivity contribution >= 4 is 36.0 Å². The number of piperidine rings is 1. The van der Waals surface area contributed by atoms with Crippen LogP contribution in [0.3, 0.4) is 0 Å². The molecule has 1 aromatic carbocycles. The predicted octanol–water partition coefficient (Wildman–Crippen LogP) is 1.79. The zero-order chi connectivity index (χ0) is 18.1. The topological polar surface area (TPSA) is 70.2 Å². The summed E-state index contributed by atoms with van der Waals surface area (Å²) in [6.45, 7) is 0. The van der Waals surface area contributed by atoms with Crippen molar-refractivity contribution in [2.45, 2.75) is 61.5 Å². The summed E-state index contributed by atoms with van der Waals surface area (Å²) in [7, 11) is 0. The highest BCUT2D eigenvalue weighted by atomic mass is 35.5. The Morgan fingerprint density at radius 2 is 1.93 bits per heavy atom. The van der Waals surface area contributed by atoms with Crippen LogP contribution in [0.1, 0.15) is 31.2 Å². The molecule has 8 heteroatoms. The minimum Gasteiger partial charge on any atom is -0.351 e. The van der Waals surface area contributed by atoms with Gasteiger partial charge in [-0.15, -0.1) is 24.2 Å². The maximum atomic E-state index is 13.8. The van der Waals surface area contributed by atoms with E-state index in [9.17, 15) is 14.0 Å². The van der Waals surface area contributed by atoms with Gasteiger partial charge in [0, 0.05) is 23.9 Å². The number of hydrogen-bond donors (Lipinski definition) is 3. The van der Waals surface area contributed by atoms with Crippen LogP contribution in [0.25, 0.3) is 0 Å². The van der Waals surface area contributed by atoms with Crippen molar-refractivity contribution in [2.75, 3.05) is 5.75 Å². The zero-order valence-corrected chi connectivity index (χ0v) is 16.6. The van der Waals surface area contributed by atoms with Crippen molar-refractivity contribution in [3.63, 3.8) is 0 Å². The third-order valence-electron chi connectivity index (χ3n) is 5.57. The molecule has 3 heterocycles. The van der Waals surface area contributed by atoms with Crippen LogP contribution in [0.2, 0.25) is 0 Å². The molecule has 3 N–H and O–H groups in total. The molecule has 3 saturated heterocycles. The third kappa shape index (κ3) is 4.76. The number of benzene rings is 1. The lowest BCUT2D eigenvalue weighted by atomic mass is 9.99. The molecule has 5 nitrogen and oxygen atoms in total. The molecule has 1 aromatic rings. The van der Waals surface area contributed by atoms with Gasteiger partial charge < -0.3 is 16.0 Å². The van der Waals surface area contributed by atoms with Crippen molar-refractivity contribution in [3.05, 3.63) is 35.6 Å². The van der Waals surface area contributed by atoms with Crippen LogP contribution in [-0.2, 0) is 16.0 Å². The normalized spacial score (nSPS) is 32.3. The molecule has 4 atom stereocenters. The van der Waals surface area contributed by atoms with Gasteiger partial charge in [0.25, 0.3) is 0 Å². The minimum absolute atomic E-state index is 0. The van der Waals surface area contributed by atoms with Gasteiger partial charge in [-0.25, -0.2) is 4.39 Å². The first kappa shape index (κ1) is 20.4. The Balaban J connectivity index is 0.00000210. The fourth-order valence-corrected chi connectivity index (χ4v) is 5.40. The van der Waals surface area contributed by atoms with E-state index in [2.05, 4.69) is 16.0 Å². The van der Waals surface area contributed by atoms with Gasteiger partial charge >= 0.3 is 0 Å². The van der Waals surface area contributed by atoms with Crippen LogP contribution < -0.4 is 16.0 Å². The highest BCUT2D eigenvalue weighted by molar-refractivity contribution is 8.00. The number of nitrogens with one attached hydrogen (secondary N) is 3. The highest BCUT2D eigenvalue weighted by Gasteiger charge is 2.37. The van der Waals surface area contributed by atoms with Gasteiger partial charge in [-0.3, -0.25) is 9.59 Å². The number of thioether (sulfide) groups is 1. The molecule has 2 bridgehead atoms. The number of hydrogen-bond acceptors (Lipinski definition) is 4. The van der Waals surface area contributed by atoms with E-state index in [-0.39, 0.29) is 41.3 Å². The molecule has 3 fully saturated rings. The van der Waals surface area contributed by atoms with Crippen LogP contribution in [-0.4, -0.2) is 47.0 Å². The standard InChI is InChI=1S/C19H24FN3O2S.ClH/c20-15-4-2-1-3-11(15)7-17-19(25)23-16(10-26-17)18(24)22-14-8-12-5-6-13(9-14)21-12;/h1-4,12-14,16-17,21H,5-10H2,(H,22,24)(H,23,25);1H. The van der Waals surface area contributed by atoms with E-state index in [0.29, 0.717) is 29.8 Å². The molecule has 4 rings (SSSR count). The largest absolute Gasteiger partial charge is 0.351 e. The molecule has 0 saturated carbocycles. The van der Waals surface area contributed by atoms with Gasteiger partial charge in [-0.05, 0) is 43.7 Å². The fraction of sp³-hybridized carbons (Fsp3) is 0.579. The molecule has 148 valence electrons. The number of amides is 2. The van der Waals surface area contributed by atoms with Gasteiger partial charge in [0.2, 0.25) is 11.8 Å². The summed E-state index contributed by atoms with van der Waals surface area (Å²) >= 11 is 1.43. The van der Waals surface area contributed by atoms with Crippen molar-refractivity contribution in [2.24, 2.45) is 0 Å². The first-order valence-electron chi connectivity index (χ1n) is 9.30. The van der Waals surface area contributed by atoms with Gasteiger partial charge in [0.15, 0.2) is 0 Å². The van der Waals surface area contributed by atoms with Gasteiger partial charge in [0.05, 0.1) is 5.25 Å². The van der Waals surface area contributed by atoms with E-state index in [4.69, 9.17) is 0 Å². The third-order valence-corrected chi connectivity index (χ3v) is 6.88. The van der Waals surface area contributed by atoms with E-state index in [1.807, 2.05) is 0 Å². The van der Waals surface area contributed by atoms with Crippen LogP contribution in [0.15, 0.2) is 24.3 Å². The monoisotopic (exact) mass is 413 g/mol. The summed E-state index contributed by atoms with van der Waals surface area (Å²) in [5.74, 6) is -0.0491. The second kappa shape index (κ2) is 8.80. The second-order valence-corrected chi connectivity index (χ2v) is 8.73. The molecule has 3 aliphatic heterocycles. The molecule has 4 unspecified atom stereocenters. The number of rotatable bonds is 4. The molecular weight excluding hydrogens is 389 g/mol. The zero-order valence-electron chi connectivity index (χ0n) is 14.9. The Morgan fingerprint density at radius 3 is 2.59 bits per heavy atom. The molecule has 0 radical (unpaired) electrons. The van der Waals surface area contributed by atoms with E-state index in [0.717, 1.165) is 12.8 Å². The molecule has 2 amide bonds. The van der Waals surface area contributed by atoms with Crippen LogP contribution in [0, 0.1) is 5.82 Å². The van der Waals surface area contributed by atoms with Crippen molar-refractivity contribution in [1.29, 1.82) is 0 Å². The molecule has 3 aliphatic rings. The number of carbonyl (C=O) groups is 2. The Labute approximate surface area is 169 Å². The second-order valence-electron chi connectivity index (χ2n) is 7.49. The lowest BCUT2D eigenvalue weighted by Crippen LogP contribution is -2.57. The van der Waals surface area contributed by atoms with Gasteiger partial charge in [-0.1, -0.05) is 18.2 Å². The summed E-state index contributed by atoms with van der Waals surface area (Å²) in [5.41, 5.74) is 0.535. The Kier molecular flexibility index (Phi) is 6.65. The summed E-state index contributed by atoms with van der Waals surface area (Å²) < 4.78 is 13.8. The van der Waals surface area contributed by atoms with E-state index in [1.54, 1.807) is 18.2 Å². The van der Waals surface area contributed by atoms with E-state index in [1.165, 1.54) is 30.7 Å². The number of carbonyl (C=O) groups excluding carboxylic acids is 2. The lowest BCUT2D eigenvalue weighted by Gasteiger charge is -2.33. The SMILES string of the molecule is Cl.O=C(NC1CC2CCC(C1)N2)C1CSC(Cc2ccccc2F)C(=O)N1. The summed E-state index contributed by atoms with van der Waals surface area (Å²) in [6, 6.07) is 7.23. The van der Waals surface area contributed by atoms with Crippen molar-refractivity contribution < 1.29 is 14.0 Å². The summed E-state index contributed by atoms with van der Waals surface area (Å²) in [4.78, 5) is 24.9. The van der Waals surface area contributed by atoms with Crippen molar-refractivity contribution in [1.82, 2.24) is 16.0 Å². The maximum Gasteiger partial charge on any atom is 0.243 e. The number of fused-ring (bicyclic) bond motifs is 2. The Morgan fingerprint density at radius 1 is 1.22 bits per heavy atom. The first-order chi connectivity index (χ1) is 12.6. The van der Waals surface area contributed by atoms with Crippen molar-refractivity contribution in [3.8, 4) is 0 Å². The summed E-state index contributed by atoms with van der Waals surface area (Å²) in [5, 5.41) is 9.14. The van der Waals surface area contributed by atoms with E-state index < -0.39 is 6.04 Å². The molecule has 0 aromatic heterocycles. The predicted molar refractivity (Wildman–Crippen MR) is 107 cm³/mol. The van der Waals surface area contributed by atoms with Gasteiger partial charge in [0.1, 0.15) is 11.9 Å². The average Bonchev–Trinajstić information content (AvgIpc) is 2.97. The quantitative estimate of drug-likeness (QED) is 0.703. The maximum absolute atomic E-state index is 13.8. The van der Waals surface area contributed by atoms with Gasteiger partial charge in [-0.2, -0.15) is 0 Å². The fourth-order valence-electron chi connectivity index (χ4n) is 4.23. The Hall–Kier alpha value is -1.31. The average molecular weight is 414 g/mol. The van der Waals surface area contributed by atoms with Crippen LogP contribution >= 0.6 is 24.2 Å². The molecule has 27 heavy (non-hydrogen) atoms. The molecule has 0 spiro atoms. The van der Waals surface area contributed by atoms with E-state index >= 15 is 0 Å². The first-order valence-corrected chi connectivity index (χ1v) is 10.3. The molecule has 0 aliphatic carbocycles. The summed E-state index contributed by atoms with van der Waals surface area (Å²) in [6.07, 6.45) is 4.64. The van der Waals surface area contributed by atoms with Crippen LogP contribution in [0.4, 0.5) is 4.39 Å². The lowest BCUT2D eigenvalue weighted by molar-refractivity contribution is -0.129. The minimum atomic E-state index is -0.503. The molecular formula is C19H25ClFN3O2S.